The van der Waals surface area contributed by atoms with Crippen molar-refractivity contribution in [3.05, 3.63) is 94.0 Å². The fourth-order valence-corrected chi connectivity index (χ4v) is 8.90. The molecule has 2 aliphatic rings. The second-order valence-electron chi connectivity index (χ2n) is 15.7. The van der Waals surface area contributed by atoms with Gasteiger partial charge in [0.2, 0.25) is 0 Å². The second kappa shape index (κ2) is 18.5. The minimum atomic E-state index is -1.10. The van der Waals surface area contributed by atoms with E-state index in [2.05, 4.69) is 44.7 Å². The number of nitrogens with zero attached hydrogens (tertiary/aromatic N) is 3. The highest BCUT2D eigenvalue weighted by Crippen LogP contribution is 2.53. The molecule has 1 aliphatic carbocycles. The summed E-state index contributed by atoms with van der Waals surface area (Å²) < 4.78 is 26.2. The Morgan fingerprint density at radius 1 is 0.926 bits per heavy atom. The molecule has 3 aromatic rings. The molecule has 54 heavy (non-hydrogen) atoms. The first-order valence-electron chi connectivity index (χ1n) is 19.2. The van der Waals surface area contributed by atoms with E-state index in [-0.39, 0.29) is 26.7 Å². The van der Waals surface area contributed by atoms with Gasteiger partial charge in [-0.25, -0.2) is 4.79 Å². The summed E-state index contributed by atoms with van der Waals surface area (Å²) in [5.74, 6) is -0.338. The monoisotopic (exact) mass is 773 g/mol. The highest BCUT2D eigenvalue weighted by Gasteiger charge is 2.52. The number of anilines is 1. The van der Waals surface area contributed by atoms with Crippen LogP contribution in [0.15, 0.2) is 60.7 Å². The van der Waals surface area contributed by atoms with Crippen molar-refractivity contribution in [3.8, 4) is 11.8 Å². The molecule has 1 aliphatic heterocycles. The van der Waals surface area contributed by atoms with Gasteiger partial charge in [-0.05, 0) is 103 Å². The van der Waals surface area contributed by atoms with Gasteiger partial charge in [-0.2, -0.15) is 5.26 Å². The first-order valence-corrected chi connectivity index (χ1v) is 20.6. The number of hydrogen-bond acceptors (Lipinski definition) is 10. The number of rotatable bonds is 18. The maximum Gasteiger partial charge on any atom is 0.340 e. The van der Waals surface area contributed by atoms with Crippen LogP contribution >= 0.6 is 21.6 Å². The number of esters is 2. The van der Waals surface area contributed by atoms with Gasteiger partial charge in [0.1, 0.15) is 5.75 Å². The molecule has 9 nitrogen and oxygen atoms in total. The molecule has 0 aromatic heterocycles. The third-order valence-electron chi connectivity index (χ3n) is 9.96. The van der Waals surface area contributed by atoms with Crippen molar-refractivity contribution in [1.29, 1.82) is 5.26 Å². The Balaban J connectivity index is 1.17. The van der Waals surface area contributed by atoms with Crippen molar-refractivity contribution in [2.45, 2.75) is 117 Å². The van der Waals surface area contributed by atoms with Crippen LogP contribution in [0.25, 0.3) is 0 Å². The Bertz CT molecular complexity index is 1810. The van der Waals surface area contributed by atoms with E-state index in [1.807, 2.05) is 73.6 Å². The van der Waals surface area contributed by atoms with E-state index in [9.17, 15) is 9.59 Å². The molecule has 0 saturated heterocycles. The fourth-order valence-electron chi connectivity index (χ4n) is 7.33. The predicted molar refractivity (Wildman–Crippen MR) is 218 cm³/mol. The summed E-state index contributed by atoms with van der Waals surface area (Å²) in [6.07, 6.45) is 6.18. The molecule has 3 unspecified atom stereocenters. The van der Waals surface area contributed by atoms with Crippen molar-refractivity contribution < 1.29 is 28.3 Å². The number of unbranched alkanes of at least 4 members (excludes halogenated alkanes) is 4. The van der Waals surface area contributed by atoms with Gasteiger partial charge in [-0.3, -0.25) is 9.69 Å². The topological polar surface area (TPSA) is 101 Å². The quantitative estimate of drug-likeness (QED) is 0.0338. The smallest absolute Gasteiger partial charge is 0.340 e. The third kappa shape index (κ3) is 9.49. The molecule has 0 fully saturated rings. The fraction of sp³-hybridized carbons (Fsp3) is 0.512. The largest absolute Gasteiger partial charge is 0.441 e. The molecule has 1 spiro atoms. The summed E-state index contributed by atoms with van der Waals surface area (Å²) in [4.78, 5) is 28.7. The molecule has 5 rings (SSSR count). The Kier molecular flexibility index (Phi) is 14.3. The van der Waals surface area contributed by atoms with E-state index >= 15 is 0 Å². The van der Waals surface area contributed by atoms with Crippen molar-refractivity contribution in [3.63, 3.8) is 0 Å². The number of thiol groups is 1. The minimum Gasteiger partial charge on any atom is -0.441 e. The average Bonchev–Trinajstić information content (AvgIpc) is 3.41. The first kappa shape index (κ1) is 41.7. The Morgan fingerprint density at radius 3 is 2.33 bits per heavy atom. The van der Waals surface area contributed by atoms with Gasteiger partial charge in [0, 0.05) is 41.0 Å². The molecular formula is C43H56N3O6PS. The van der Waals surface area contributed by atoms with Crippen LogP contribution in [0.5, 0.6) is 5.75 Å². The average molecular weight is 774 g/mol. The standard InChI is InChI=1S/C43H56N3O6PS/c1-29(2)46(30(3)4)41(49-24-15-22-44)53-50-25-14-10-8-9-13-23-45(54)33-18-20-38-35(28-33)39(47)52-43(38)36-17-12-11-16-31(36)26-32-27-34(19-21-37(32)43)51-40(48)42(5,6)7/h11-12,16-21,27-30,41,53-54H,8-10,13-15,23-26H2,1-7H3. The van der Waals surface area contributed by atoms with Crippen LogP contribution in [0.2, 0.25) is 0 Å². The van der Waals surface area contributed by atoms with Crippen molar-refractivity contribution in [1.82, 2.24) is 4.90 Å². The summed E-state index contributed by atoms with van der Waals surface area (Å²) in [6.45, 7) is 16.0. The maximum atomic E-state index is 13.7. The molecule has 3 atom stereocenters. The number of hydrogen-bond donors (Lipinski definition) is 1. The molecule has 0 radical (unpaired) electrons. The van der Waals surface area contributed by atoms with E-state index in [4.69, 9.17) is 36.8 Å². The van der Waals surface area contributed by atoms with Gasteiger partial charge in [0.25, 0.3) is 0 Å². The van der Waals surface area contributed by atoms with Crippen LogP contribution in [-0.2, 0) is 30.8 Å². The lowest BCUT2D eigenvalue weighted by molar-refractivity contribution is -0.143. The van der Waals surface area contributed by atoms with Gasteiger partial charge >= 0.3 is 11.9 Å². The number of benzene rings is 3. The molecule has 1 heterocycles. The zero-order chi connectivity index (χ0) is 39.0. The van der Waals surface area contributed by atoms with Crippen molar-refractivity contribution in [2.75, 3.05) is 24.1 Å². The molecule has 0 saturated carbocycles. The lowest BCUT2D eigenvalue weighted by atomic mass is 9.71. The zero-order valence-corrected chi connectivity index (χ0v) is 34.7. The van der Waals surface area contributed by atoms with E-state index in [1.165, 1.54) is 0 Å². The zero-order valence-electron chi connectivity index (χ0n) is 32.8. The Morgan fingerprint density at radius 2 is 1.61 bits per heavy atom. The number of carbonyl (C=O) groups is 2. The number of carbonyl (C=O) groups excluding carboxylic acids is 2. The van der Waals surface area contributed by atoms with Crippen LogP contribution in [0.1, 0.15) is 125 Å². The SMILES string of the molecule is CC(C)N(C(C)C)C(OCCC#N)POCCCCCCCN(S)c1ccc2c(c1)C(=O)OC21c2ccccc2Cc2cc(OC(=O)C(C)(C)C)ccc21. The van der Waals surface area contributed by atoms with Gasteiger partial charge in [-0.1, -0.05) is 68.5 Å². The van der Waals surface area contributed by atoms with Crippen LogP contribution in [0.3, 0.4) is 0 Å². The number of fused-ring (bicyclic) bond motifs is 6. The van der Waals surface area contributed by atoms with Crippen molar-refractivity contribution >= 4 is 39.2 Å². The highest BCUT2D eigenvalue weighted by molar-refractivity contribution is 7.81. The maximum absolute atomic E-state index is 13.7. The van der Waals surface area contributed by atoms with Crippen LogP contribution in [0, 0.1) is 16.7 Å². The lowest BCUT2D eigenvalue weighted by Crippen LogP contribution is -2.44. The summed E-state index contributed by atoms with van der Waals surface area (Å²) in [5, 5.41) is 8.93. The third-order valence-corrected chi connectivity index (χ3v) is 11.4. The minimum absolute atomic E-state index is 0.139. The van der Waals surface area contributed by atoms with Crippen LogP contribution < -0.4 is 9.04 Å². The van der Waals surface area contributed by atoms with E-state index in [0.717, 1.165) is 72.2 Å². The molecule has 0 bridgehead atoms. The summed E-state index contributed by atoms with van der Waals surface area (Å²) in [7, 11) is 0.200. The van der Waals surface area contributed by atoms with Crippen molar-refractivity contribution in [2.24, 2.45) is 5.41 Å². The number of ether oxygens (including phenoxy) is 3. The summed E-state index contributed by atoms with van der Waals surface area (Å²) >= 11 is 4.81. The van der Waals surface area contributed by atoms with Gasteiger partial charge in [0.15, 0.2) is 11.6 Å². The summed E-state index contributed by atoms with van der Waals surface area (Å²) in [6, 6.07) is 22.4. The Labute approximate surface area is 329 Å². The molecule has 0 amide bonds. The molecular weight excluding hydrogens is 718 g/mol. The van der Waals surface area contributed by atoms with Gasteiger partial charge in [0.05, 0.1) is 45.5 Å². The van der Waals surface area contributed by atoms with Gasteiger partial charge in [-0.15, -0.1) is 0 Å². The normalized spacial score (nSPS) is 16.8. The number of nitriles is 1. The van der Waals surface area contributed by atoms with Crippen LogP contribution in [-0.4, -0.2) is 54.6 Å². The summed E-state index contributed by atoms with van der Waals surface area (Å²) in [5.41, 5.74) is 4.28. The second-order valence-corrected chi connectivity index (χ2v) is 17.2. The van der Waals surface area contributed by atoms with Gasteiger partial charge < -0.3 is 23.0 Å². The van der Waals surface area contributed by atoms with Crippen LogP contribution in [0.4, 0.5) is 5.69 Å². The van der Waals surface area contributed by atoms with E-state index in [1.54, 1.807) is 6.07 Å². The molecule has 290 valence electrons. The molecule has 3 aromatic carbocycles. The highest BCUT2D eigenvalue weighted by atomic mass is 32.1. The predicted octanol–water partition coefficient (Wildman–Crippen LogP) is 9.55. The molecule has 11 heteroatoms. The molecule has 0 N–H and O–H groups in total. The lowest BCUT2D eigenvalue weighted by Gasteiger charge is -2.37. The van der Waals surface area contributed by atoms with E-state index in [0.29, 0.717) is 49.5 Å². The Hall–Kier alpha value is -3.45. The first-order chi connectivity index (χ1) is 25.8. The van der Waals surface area contributed by atoms with E-state index < -0.39 is 11.0 Å².